The van der Waals surface area contributed by atoms with Crippen LogP contribution >= 0.6 is 34.5 Å². The van der Waals surface area contributed by atoms with Crippen molar-refractivity contribution in [3.05, 3.63) is 75.1 Å². The minimum atomic E-state index is -3.89. The molecule has 39 heavy (non-hydrogen) atoms. The van der Waals surface area contributed by atoms with E-state index in [1.54, 1.807) is 47.5 Å². The molecule has 12 heteroatoms. The van der Waals surface area contributed by atoms with Crippen LogP contribution in [0.5, 0.6) is 5.75 Å². The number of amides is 1. The number of likely N-dealkylation sites (N-methyl/N-ethyl adjacent to an activating group) is 1. The van der Waals surface area contributed by atoms with Crippen LogP contribution in [-0.4, -0.2) is 68.1 Å². The number of hydrogen-bond donors (Lipinski definition) is 2. The number of aliphatic hydroxyl groups is 1. The number of aliphatic hydroxyl groups excluding tert-OH is 1. The normalized spacial score (nSPS) is 18.7. The van der Waals surface area contributed by atoms with E-state index in [1.165, 1.54) is 6.07 Å². The lowest BCUT2D eigenvalue weighted by Crippen LogP contribution is -2.49. The number of sulfonamides is 1. The van der Waals surface area contributed by atoms with Gasteiger partial charge in [0.05, 0.1) is 33.9 Å². The number of nitrogens with zero attached hydrogens (tertiary/aromatic N) is 2. The van der Waals surface area contributed by atoms with Crippen LogP contribution in [0.2, 0.25) is 10.0 Å². The van der Waals surface area contributed by atoms with Gasteiger partial charge < -0.3 is 14.7 Å². The molecule has 0 unspecified atom stereocenters. The molecule has 8 nitrogen and oxygen atoms in total. The maximum absolute atomic E-state index is 13.6. The summed E-state index contributed by atoms with van der Waals surface area (Å²) in [4.78, 5) is 17.3. The van der Waals surface area contributed by atoms with Crippen molar-refractivity contribution in [2.45, 2.75) is 36.7 Å². The van der Waals surface area contributed by atoms with Crippen molar-refractivity contribution in [1.29, 1.82) is 0 Å². The molecule has 0 radical (unpaired) electrons. The van der Waals surface area contributed by atoms with Gasteiger partial charge in [0.25, 0.3) is 15.9 Å². The highest BCUT2D eigenvalue weighted by Crippen LogP contribution is 2.36. The van der Waals surface area contributed by atoms with Crippen molar-refractivity contribution in [1.82, 2.24) is 9.80 Å². The van der Waals surface area contributed by atoms with Gasteiger partial charge in [-0.2, -0.15) is 0 Å². The van der Waals surface area contributed by atoms with Gasteiger partial charge >= 0.3 is 0 Å². The summed E-state index contributed by atoms with van der Waals surface area (Å²) >= 11 is 13.4. The van der Waals surface area contributed by atoms with E-state index < -0.39 is 22.2 Å². The van der Waals surface area contributed by atoms with Gasteiger partial charge in [-0.05, 0) is 55.2 Å². The Morgan fingerprint density at radius 2 is 1.97 bits per heavy atom. The predicted octanol–water partition coefficient (Wildman–Crippen LogP) is 5.21. The molecule has 0 bridgehead atoms. The molecule has 2 heterocycles. The van der Waals surface area contributed by atoms with Crippen molar-refractivity contribution >= 4 is 56.2 Å². The number of fused-ring (bicyclic) bond motifs is 1. The van der Waals surface area contributed by atoms with Crippen LogP contribution in [0, 0.1) is 5.92 Å². The second kappa shape index (κ2) is 12.4. The summed E-state index contributed by atoms with van der Waals surface area (Å²) < 4.78 is 35.4. The molecule has 3 atom stereocenters. The Bertz CT molecular complexity index is 1420. The standard InChI is InChI=1S/C27H31Cl2N3O5S2/c1-17-13-32(18(2)16-33)27(34)20-6-4-7-23(30-39(35,36)25-8-5-11-38-25)26(20)37-24(17)15-31(3)14-19-9-10-21(28)22(29)12-19/h4-12,17-18,24,30,33H,13-16H2,1-3H3/t17-,18+,24+/m0/s1. The largest absolute Gasteiger partial charge is 0.486 e. The fourth-order valence-corrected chi connectivity index (χ4v) is 6.85. The summed E-state index contributed by atoms with van der Waals surface area (Å²) in [5.74, 6) is -0.315. The van der Waals surface area contributed by atoms with Gasteiger partial charge in [0.15, 0.2) is 5.75 Å². The summed E-state index contributed by atoms with van der Waals surface area (Å²) in [5, 5.41) is 12.5. The molecule has 2 aromatic carbocycles. The average molecular weight is 613 g/mol. The fourth-order valence-electron chi connectivity index (χ4n) is 4.47. The molecule has 0 saturated heterocycles. The number of benzene rings is 2. The van der Waals surface area contributed by atoms with E-state index in [0.29, 0.717) is 29.7 Å². The number of carbonyl (C=O) groups is 1. The highest BCUT2D eigenvalue weighted by Gasteiger charge is 2.35. The molecular formula is C27H31Cl2N3O5S2. The Kier molecular flexibility index (Phi) is 9.46. The Morgan fingerprint density at radius 1 is 1.21 bits per heavy atom. The minimum Gasteiger partial charge on any atom is -0.486 e. The zero-order chi connectivity index (χ0) is 28.3. The number of anilines is 1. The molecule has 1 aliphatic heterocycles. The number of rotatable bonds is 9. The lowest BCUT2D eigenvalue weighted by molar-refractivity contribution is 0.0344. The number of carbonyl (C=O) groups excluding carboxylic acids is 1. The Morgan fingerprint density at radius 3 is 2.64 bits per heavy atom. The highest BCUT2D eigenvalue weighted by atomic mass is 35.5. The lowest BCUT2D eigenvalue weighted by Gasteiger charge is -2.38. The number of nitrogens with one attached hydrogen (secondary N) is 1. The van der Waals surface area contributed by atoms with Gasteiger partial charge in [0.1, 0.15) is 10.3 Å². The third-order valence-corrected chi connectivity index (χ3v) is 10.1. The molecule has 1 aliphatic rings. The van der Waals surface area contributed by atoms with Gasteiger partial charge in [-0.25, -0.2) is 8.42 Å². The van der Waals surface area contributed by atoms with Crippen LogP contribution in [0.1, 0.15) is 29.8 Å². The molecule has 4 rings (SSSR count). The van der Waals surface area contributed by atoms with Crippen LogP contribution in [0.25, 0.3) is 0 Å². The Balaban J connectivity index is 1.69. The maximum atomic E-state index is 13.6. The zero-order valence-electron chi connectivity index (χ0n) is 21.8. The number of thiophene rings is 1. The summed E-state index contributed by atoms with van der Waals surface area (Å²) in [5.41, 5.74) is 1.38. The third kappa shape index (κ3) is 6.87. The van der Waals surface area contributed by atoms with Crippen molar-refractivity contribution in [2.24, 2.45) is 5.92 Å². The number of para-hydroxylation sites is 1. The first kappa shape index (κ1) is 29.6. The molecule has 210 valence electrons. The van der Waals surface area contributed by atoms with E-state index in [0.717, 1.165) is 16.9 Å². The smallest absolute Gasteiger partial charge is 0.271 e. The van der Waals surface area contributed by atoms with Gasteiger partial charge in [-0.1, -0.05) is 48.3 Å². The van der Waals surface area contributed by atoms with Gasteiger partial charge in [0.2, 0.25) is 0 Å². The average Bonchev–Trinajstić information content (AvgIpc) is 3.44. The van der Waals surface area contributed by atoms with E-state index in [1.807, 2.05) is 26.1 Å². The summed E-state index contributed by atoms with van der Waals surface area (Å²) in [6.07, 6.45) is -0.412. The van der Waals surface area contributed by atoms with Crippen LogP contribution < -0.4 is 9.46 Å². The molecule has 0 aliphatic carbocycles. The summed E-state index contributed by atoms with van der Waals surface area (Å²) in [6, 6.07) is 13.0. The van der Waals surface area contributed by atoms with Crippen molar-refractivity contribution in [3.8, 4) is 5.75 Å². The molecule has 1 aromatic heterocycles. The molecule has 1 amide bonds. The maximum Gasteiger partial charge on any atom is 0.271 e. The number of ether oxygens (including phenoxy) is 1. The first-order chi connectivity index (χ1) is 18.5. The van der Waals surface area contributed by atoms with E-state index in [9.17, 15) is 18.3 Å². The fraction of sp³-hybridized carbons (Fsp3) is 0.370. The van der Waals surface area contributed by atoms with Crippen LogP contribution in [0.4, 0.5) is 5.69 Å². The zero-order valence-corrected chi connectivity index (χ0v) is 24.9. The summed E-state index contributed by atoms with van der Waals surface area (Å²) in [7, 11) is -1.94. The van der Waals surface area contributed by atoms with Crippen molar-refractivity contribution in [2.75, 3.05) is 31.5 Å². The molecule has 2 N–H and O–H groups in total. The molecule has 0 fully saturated rings. The van der Waals surface area contributed by atoms with E-state index in [2.05, 4.69) is 9.62 Å². The van der Waals surface area contributed by atoms with Gasteiger partial charge in [-0.15, -0.1) is 11.3 Å². The minimum absolute atomic E-state index is 0.144. The van der Waals surface area contributed by atoms with Crippen molar-refractivity contribution in [3.63, 3.8) is 0 Å². The second-order valence-electron chi connectivity index (χ2n) is 9.79. The van der Waals surface area contributed by atoms with E-state index in [-0.39, 0.29) is 39.6 Å². The quantitative estimate of drug-likeness (QED) is 0.345. The van der Waals surface area contributed by atoms with Crippen molar-refractivity contribution < 1.29 is 23.1 Å². The Hall–Kier alpha value is -2.34. The number of hydrogen-bond acceptors (Lipinski definition) is 7. The second-order valence-corrected chi connectivity index (χ2v) is 13.5. The molecule has 3 aromatic rings. The van der Waals surface area contributed by atoms with Crippen LogP contribution in [-0.2, 0) is 16.6 Å². The molecule has 0 saturated carbocycles. The van der Waals surface area contributed by atoms with E-state index >= 15 is 0 Å². The lowest BCUT2D eigenvalue weighted by atomic mass is 9.99. The third-order valence-electron chi connectivity index (χ3n) is 6.62. The summed E-state index contributed by atoms with van der Waals surface area (Å²) in [6.45, 7) is 4.95. The van der Waals surface area contributed by atoms with Crippen LogP contribution in [0.3, 0.4) is 0 Å². The highest BCUT2D eigenvalue weighted by molar-refractivity contribution is 7.94. The van der Waals surface area contributed by atoms with Gasteiger partial charge in [-0.3, -0.25) is 14.4 Å². The van der Waals surface area contributed by atoms with Crippen LogP contribution in [0.15, 0.2) is 58.1 Å². The SMILES string of the molecule is C[C@H](CO)N1C[C@H](C)[C@@H](CN(C)Cc2ccc(Cl)c(Cl)c2)Oc2c(NS(=O)(=O)c3cccs3)cccc2C1=O. The topological polar surface area (TPSA) is 99.2 Å². The molecule has 0 spiro atoms. The first-order valence-electron chi connectivity index (χ1n) is 12.4. The monoisotopic (exact) mass is 611 g/mol. The number of halogens is 2. The molecular weight excluding hydrogens is 581 g/mol. The first-order valence-corrected chi connectivity index (χ1v) is 15.5. The van der Waals surface area contributed by atoms with E-state index in [4.69, 9.17) is 27.9 Å². The predicted molar refractivity (Wildman–Crippen MR) is 156 cm³/mol. The van der Waals surface area contributed by atoms with Gasteiger partial charge in [0, 0.05) is 25.6 Å². The Labute approximate surface area is 243 Å².